The molecule has 6 heteroatoms. The van der Waals surface area contributed by atoms with E-state index in [0.717, 1.165) is 31.4 Å². The first-order valence-electron chi connectivity index (χ1n) is 8.88. The molecule has 0 aliphatic rings. The van der Waals surface area contributed by atoms with E-state index in [1.165, 1.54) is 5.56 Å². The Kier molecular flexibility index (Phi) is 10.3. The molecule has 0 saturated carbocycles. The third kappa shape index (κ3) is 6.99. The van der Waals surface area contributed by atoms with Gasteiger partial charge >= 0.3 is 0 Å². The molecule has 1 aromatic carbocycles. The Labute approximate surface area is 174 Å². The van der Waals surface area contributed by atoms with E-state index in [9.17, 15) is 0 Å². The van der Waals surface area contributed by atoms with Crippen LogP contribution in [0.25, 0.3) is 0 Å². The SMILES string of the molecule is CCNC(=NCC(C)c1ccccc1)NCC(c1ccco1)N(C)C.I. The van der Waals surface area contributed by atoms with Crippen molar-refractivity contribution in [3.8, 4) is 0 Å². The molecule has 26 heavy (non-hydrogen) atoms. The van der Waals surface area contributed by atoms with Gasteiger partial charge in [-0.25, -0.2) is 0 Å². The van der Waals surface area contributed by atoms with Crippen molar-refractivity contribution in [1.29, 1.82) is 0 Å². The molecule has 5 nitrogen and oxygen atoms in total. The van der Waals surface area contributed by atoms with E-state index in [-0.39, 0.29) is 30.0 Å². The average molecular weight is 470 g/mol. The molecular weight excluding hydrogens is 439 g/mol. The number of benzene rings is 1. The minimum Gasteiger partial charge on any atom is -0.468 e. The van der Waals surface area contributed by atoms with Crippen LogP contribution in [0, 0.1) is 0 Å². The Bertz CT molecular complexity index is 629. The van der Waals surface area contributed by atoms with Crippen LogP contribution in [0.3, 0.4) is 0 Å². The van der Waals surface area contributed by atoms with Crippen molar-refractivity contribution in [2.75, 3.05) is 33.7 Å². The van der Waals surface area contributed by atoms with Crippen molar-refractivity contribution in [1.82, 2.24) is 15.5 Å². The molecule has 2 aromatic rings. The second-order valence-corrected chi connectivity index (χ2v) is 6.41. The number of hydrogen-bond donors (Lipinski definition) is 2. The molecule has 2 unspecified atom stereocenters. The van der Waals surface area contributed by atoms with E-state index < -0.39 is 0 Å². The smallest absolute Gasteiger partial charge is 0.191 e. The average Bonchev–Trinajstić information content (AvgIpc) is 3.14. The monoisotopic (exact) mass is 470 g/mol. The number of likely N-dealkylation sites (N-methyl/N-ethyl adjacent to an activating group) is 1. The fourth-order valence-corrected chi connectivity index (χ4v) is 2.67. The number of guanidine groups is 1. The van der Waals surface area contributed by atoms with Crippen LogP contribution in [0.15, 0.2) is 58.1 Å². The van der Waals surface area contributed by atoms with Gasteiger partial charge in [-0.3, -0.25) is 9.89 Å². The molecule has 0 radical (unpaired) electrons. The Morgan fingerprint density at radius 1 is 1.12 bits per heavy atom. The predicted octanol–water partition coefficient (Wildman–Crippen LogP) is 3.86. The van der Waals surface area contributed by atoms with Crippen LogP contribution in [0.4, 0.5) is 0 Å². The third-order valence-corrected chi connectivity index (χ3v) is 4.19. The molecular formula is C20H31IN4O. The van der Waals surface area contributed by atoms with Crippen molar-refractivity contribution in [2.45, 2.75) is 25.8 Å². The Hall–Kier alpha value is -1.54. The van der Waals surface area contributed by atoms with Gasteiger partial charge in [0.2, 0.25) is 0 Å². The van der Waals surface area contributed by atoms with Crippen molar-refractivity contribution in [2.24, 2.45) is 4.99 Å². The van der Waals surface area contributed by atoms with Crippen LogP contribution >= 0.6 is 24.0 Å². The molecule has 0 spiro atoms. The van der Waals surface area contributed by atoms with Crippen LogP contribution in [0.5, 0.6) is 0 Å². The van der Waals surface area contributed by atoms with Gasteiger partial charge in [0.15, 0.2) is 5.96 Å². The molecule has 1 aromatic heterocycles. The molecule has 0 aliphatic carbocycles. The lowest BCUT2D eigenvalue weighted by molar-refractivity contribution is 0.258. The molecule has 1 heterocycles. The lowest BCUT2D eigenvalue weighted by Crippen LogP contribution is -2.41. The summed E-state index contributed by atoms with van der Waals surface area (Å²) in [6.45, 7) is 6.58. The number of nitrogens with zero attached hydrogens (tertiary/aromatic N) is 2. The Morgan fingerprint density at radius 2 is 1.85 bits per heavy atom. The maximum absolute atomic E-state index is 5.56. The summed E-state index contributed by atoms with van der Waals surface area (Å²) in [5.41, 5.74) is 1.31. The Morgan fingerprint density at radius 3 is 2.42 bits per heavy atom. The first-order chi connectivity index (χ1) is 12.1. The van der Waals surface area contributed by atoms with Crippen molar-refractivity contribution < 1.29 is 4.42 Å². The van der Waals surface area contributed by atoms with Crippen LogP contribution in [0.1, 0.15) is 37.1 Å². The first-order valence-corrected chi connectivity index (χ1v) is 8.88. The molecule has 2 N–H and O–H groups in total. The number of nitrogens with one attached hydrogen (secondary N) is 2. The van der Waals surface area contributed by atoms with E-state index in [4.69, 9.17) is 9.41 Å². The molecule has 0 bridgehead atoms. The van der Waals surface area contributed by atoms with Crippen LogP contribution in [-0.4, -0.2) is 44.6 Å². The molecule has 2 atom stereocenters. The zero-order valence-corrected chi connectivity index (χ0v) is 18.4. The summed E-state index contributed by atoms with van der Waals surface area (Å²) in [5.74, 6) is 2.17. The fraction of sp³-hybridized carbons (Fsp3) is 0.450. The van der Waals surface area contributed by atoms with Crippen LogP contribution in [0.2, 0.25) is 0 Å². The minimum absolute atomic E-state index is 0. The van der Waals surface area contributed by atoms with Crippen molar-refractivity contribution in [3.63, 3.8) is 0 Å². The van der Waals surface area contributed by atoms with E-state index in [1.54, 1.807) is 6.26 Å². The van der Waals surface area contributed by atoms with Gasteiger partial charge in [0, 0.05) is 25.6 Å². The second-order valence-electron chi connectivity index (χ2n) is 6.41. The zero-order valence-electron chi connectivity index (χ0n) is 16.1. The highest BCUT2D eigenvalue weighted by Gasteiger charge is 2.17. The van der Waals surface area contributed by atoms with Crippen molar-refractivity contribution in [3.05, 3.63) is 60.1 Å². The molecule has 144 valence electrons. The number of rotatable bonds is 8. The molecule has 0 saturated heterocycles. The first kappa shape index (κ1) is 22.5. The summed E-state index contributed by atoms with van der Waals surface area (Å²) in [7, 11) is 4.10. The highest BCUT2D eigenvalue weighted by molar-refractivity contribution is 14.0. The molecule has 0 fully saturated rings. The van der Waals surface area contributed by atoms with E-state index in [1.807, 2.05) is 18.2 Å². The summed E-state index contributed by atoms with van der Waals surface area (Å²) < 4.78 is 5.56. The number of hydrogen-bond acceptors (Lipinski definition) is 3. The third-order valence-electron chi connectivity index (χ3n) is 4.19. The highest BCUT2D eigenvalue weighted by atomic mass is 127. The van der Waals surface area contributed by atoms with E-state index in [2.05, 4.69) is 67.7 Å². The van der Waals surface area contributed by atoms with Gasteiger partial charge in [-0.2, -0.15) is 0 Å². The lowest BCUT2D eigenvalue weighted by atomic mass is 10.0. The van der Waals surface area contributed by atoms with Gasteiger partial charge in [0.25, 0.3) is 0 Å². The van der Waals surface area contributed by atoms with Crippen LogP contribution < -0.4 is 10.6 Å². The molecule has 0 aliphatic heterocycles. The van der Waals surface area contributed by atoms with Gasteiger partial charge in [-0.15, -0.1) is 24.0 Å². The minimum atomic E-state index is 0. The van der Waals surface area contributed by atoms with Crippen LogP contribution in [-0.2, 0) is 0 Å². The standard InChI is InChI=1S/C20H30N4O.HI/c1-5-21-20(22-14-16(2)17-10-7-6-8-11-17)23-15-18(24(3)4)19-12-9-13-25-19;/h6-13,16,18H,5,14-15H2,1-4H3,(H2,21,22,23);1H. The number of furan rings is 1. The van der Waals surface area contributed by atoms with E-state index in [0.29, 0.717) is 5.92 Å². The van der Waals surface area contributed by atoms with E-state index >= 15 is 0 Å². The topological polar surface area (TPSA) is 52.8 Å². The van der Waals surface area contributed by atoms with Crippen molar-refractivity contribution >= 4 is 29.9 Å². The quantitative estimate of drug-likeness (QED) is 0.350. The summed E-state index contributed by atoms with van der Waals surface area (Å²) in [6, 6.07) is 14.6. The Balaban J connectivity index is 0.00000338. The maximum Gasteiger partial charge on any atom is 0.191 e. The van der Waals surface area contributed by atoms with Gasteiger partial charge in [0.05, 0.1) is 12.3 Å². The number of halogens is 1. The lowest BCUT2D eigenvalue weighted by Gasteiger charge is -2.24. The van der Waals surface area contributed by atoms with Gasteiger partial charge in [-0.1, -0.05) is 37.3 Å². The van der Waals surface area contributed by atoms with Gasteiger partial charge in [-0.05, 0) is 38.7 Å². The van der Waals surface area contributed by atoms with Gasteiger partial charge < -0.3 is 15.1 Å². The summed E-state index contributed by atoms with van der Waals surface area (Å²) in [6.07, 6.45) is 1.71. The molecule has 2 rings (SSSR count). The number of aliphatic imine (C=N–C) groups is 1. The normalized spacial score (nSPS) is 13.8. The summed E-state index contributed by atoms with van der Waals surface area (Å²) >= 11 is 0. The predicted molar refractivity (Wildman–Crippen MR) is 119 cm³/mol. The van der Waals surface area contributed by atoms with Gasteiger partial charge in [0.1, 0.15) is 5.76 Å². The zero-order chi connectivity index (χ0) is 18.1. The second kappa shape index (κ2) is 12.0. The highest BCUT2D eigenvalue weighted by Crippen LogP contribution is 2.17. The fourth-order valence-electron chi connectivity index (χ4n) is 2.67. The largest absolute Gasteiger partial charge is 0.468 e. The molecule has 0 amide bonds. The maximum atomic E-state index is 5.56. The summed E-state index contributed by atoms with van der Waals surface area (Å²) in [4.78, 5) is 6.89. The summed E-state index contributed by atoms with van der Waals surface area (Å²) in [5, 5.41) is 6.75.